The number of nitrogens with zero attached hydrogens (tertiary/aromatic N) is 2. The first-order valence-electron chi connectivity index (χ1n) is 7.01. The molecule has 3 fully saturated rings. The molecule has 3 unspecified atom stereocenters. The van der Waals surface area contributed by atoms with Gasteiger partial charge in [0, 0.05) is 31.7 Å². The van der Waals surface area contributed by atoms with Gasteiger partial charge in [-0.3, -0.25) is 9.80 Å². The lowest BCUT2D eigenvalue weighted by molar-refractivity contribution is -0.0133. The van der Waals surface area contributed by atoms with Gasteiger partial charge in [-0.25, -0.2) is 0 Å². The normalized spacial score (nSPS) is 42.2. The van der Waals surface area contributed by atoms with Crippen molar-refractivity contribution < 1.29 is 5.11 Å². The van der Waals surface area contributed by atoms with E-state index in [1.165, 1.54) is 58.3 Å². The minimum Gasteiger partial charge on any atom is -0.391 e. The molecule has 1 aliphatic carbocycles. The van der Waals surface area contributed by atoms with Crippen molar-refractivity contribution in [1.29, 1.82) is 0 Å². The van der Waals surface area contributed by atoms with Crippen LogP contribution in [0.4, 0.5) is 0 Å². The topological polar surface area (TPSA) is 26.7 Å². The molecule has 0 bridgehead atoms. The average Bonchev–Trinajstić information content (AvgIpc) is 2.76. The van der Waals surface area contributed by atoms with Gasteiger partial charge in [-0.05, 0) is 32.2 Å². The average molecular weight is 224 g/mol. The smallest absolute Gasteiger partial charge is 0.0695 e. The molecule has 2 aliphatic heterocycles. The molecule has 3 rings (SSSR count). The Kier molecular flexibility index (Phi) is 3.18. The lowest BCUT2D eigenvalue weighted by Crippen LogP contribution is -2.56. The molecule has 3 heteroatoms. The zero-order chi connectivity index (χ0) is 11.0. The van der Waals surface area contributed by atoms with Gasteiger partial charge in [0.1, 0.15) is 0 Å². The lowest BCUT2D eigenvalue weighted by atomic mass is 9.90. The number of hydrogen-bond donors (Lipinski definition) is 1. The van der Waals surface area contributed by atoms with Crippen LogP contribution >= 0.6 is 0 Å². The Bertz CT molecular complexity index is 246. The highest BCUT2D eigenvalue weighted by atomic mass is 16.3. The molecule has 3 nitrogen and oxygen atoms in total. The van der Waals surface area contributed by atoms with Gasteiger partial charge in [-0.2, -0.15) is 0 Å². The predicted molar refractivity (Wildman–Crippen MR) is 64.4 cm³/mol. The van der Waals surface area contributed by atoms with E-state index >= 15 is 0 Å². The predicted octanol–water partition coefficient (Wildman–Crippen LogP) is 1.07. The molecule has 0 radical (unpaired) electrons. The standard InChI is InChI=1S/C13H24N2O/c16-13-6-2-1-5-12(13)15-9-8-14-7-3-4-11(14)10-15/h11-13,16H,1-10H2. The van der Waals surface area contributed by atoms with E-state index in [2.05, 4.69) is 9.80 Å². The van der Waals surface area contributed by atoms with Gasteiger partial charge >= 0.3 is 0 Å². The monoisotopic (exact) mass is 224 g/mol. The zero-order valence-electron chi connectivity index (χ0n) is 10.1. The highest BCUT2D eigenvalue weighted by molar-refractivity contribution is 4.92. The Labute approximate surface area is 98.4 Å². The number of aliphatic hydroxyl groups is 1. The number of hydrogen-bond acceptors (Lipinski definition) is 3. The summed E-state index contributed by atoms with van der Waals surface area (Å²) in [5, 5.41) is 10.1. The molecule has 1 N–H and O–H groups in total. The number of aliphatic hydroxyl groups excluding tert-OH is 1. The first-order valence-corrected chi connectivity index (χ1v) is 7.01. The molecule has 2 saturated heterocycles. The van der Waals surface area contributed by atoms with E-state index < -0.39 is 0 Å². The van der Waals surface area contributed by atoms with Crippen LogP contribution in [-0.4, -0.2) is 59.3 Å². The fourth-order valence-corrected chi connectivity index (χ4v) is 3.83. The molecular weight excluding hydrogens is 200 g/mol. The second-order valence-corrected chi connectivity index (χ2v) is 5.75. The van der Waals surface area contributed by atoms with Crippen molar-refractivity contribution in [3.05, 3.63) is 0 Å². The van der Waals surface area contributed by atoms with Crippen LogP contribution in [0.2, 0.25) is 0 Å². The molecule has 3 atom stereocenters. The highest BCUT2D eigenvalue weighted by Crippen LogP contribution is 2.28. The summed E-state index contributed by atoms with van der Waals surface area (Å²) < 4.78 is 0. The van der Waals surface area contributed by atoms with E-state index in [9.17, 15) is 5.11 Å². The largest absolute Gasteiger partial charge is 0.391 e. The van der Waals surface area contributed by atoms with E-state index in [1.54, 1.807) is 0 Å². The maximum absolute atomic E-state index is 10.1. The van der Waals surface area contributed by atoms with Crippen molar-refractivity contribution in [3.8, 4) is 0 Å². The molecular formula is C13H24N2O. The fraction of sp³-hybridized carbons (Fsp3) is 1.00. The molecule has 3 aliphatic rings. The minimum absolute atomic E-state index is 0.0540. The second-order valence-electron chi connectivity index (χ2n) is 5.75. The van der Waals surface area contributed by atoms with Gasteiger partial charge in [-0.15, -0.1) is 0 Å². The van der Waals surface area contributed by atoms with Crippen LogP contribution in [0.1, 0.15) is 38.5 Å². The van der Waals surface area contributed by atoms with Crippen molar-refractivity contribution in [2.24, 2.45) is 0 Å². The van der Waals surface area contributed by atoms with E-state index in [0.717, 1.165) is 12.5 Å². The lowest BCUT2D eigenvalue weighted by Gasteiger charge is -2.44. The summed E-state index contributed by atoms with van der Waals surface area (Å²) in [6.45, 7) is 4.93. The van der Waals surface area contributed by atoms with E-state index in [-0.39, 0.29) is 6.10 Å². The summed E-state index contributed by atoms with van der Waals surface area (Å²) in [7, 11) is 0. The van der Waals surface area contributed by atoms with Gasteiger partial charge < -0.3 is 5.11 Å². The Hall–Kier alpha value is -0.120. The number of rotatable bonds is 1. The fourth-order valence-electron chi connectivity index (χ4n) is 3.83. The zero-order valence-corrected chi connectivity index (χ0v) is 10.1. The molecule has 0 aromatic heterocycles. The quantitative estimate of drug-likeness (QED) is 0.722. The molecule has 0 amide bonds. The molecule has 92 valence electrons. The van der Waals surface area contributed by atoms with Crippen molar-refractivity contribution in [2.75, 3.05) is 26.2 Å². The molecule has 1 saturated carbocycles. The van der Waals surface area contributed by atoms with E-state index in [0.29, 0.717) is 6.04 Å². The van der Waals surface area contributed by atoms with Crippen molar-refractivity contribution in [1.82, 2.24) is 9.80 Å². The van der Waals surface area contributed by atoms with Crippen LogP contribution in [-0.2, 0) is 0 Å². The second kappa shape index (κ2) is 4.63. The van der Waals surface area contributed by atoms with Crippen LogP contribution in [0.3, 0.4) is 0 Å². The minimum atomic E-state index is -0.0540. The molecule has 2 heterocycles. The van der Waals surface area contributed by atoms with Crippen LogP contribution in [0.25, 0.3) is 0 Å². The Morgan fingerprint density at radius 1 is 0.812 bits per heavy atom. The van der Waals surface area contributed by atoms with Gasteiger partial charge in [-0.1, -0.05) is 12.8 Å². The Morgan fingerprint density at radius 2 is 1.62 bits per heavy atom. The third kappa shape index (κ3) is 2.01. The van der Waals surface area contributed by atoms with E-state index in [1.807, 2.05) is 0 Å². The first-order chi connectivity index (χ1) is 7.84. The summed E-state index contributed by atoms with van der Waals surface area (Å²) in [6.07, 6.45) is 7.48. The molecule has 0 spiro atoms. The van der Waals surface area contributed by atoms with Crippen LogP contribution in [0.5, 0.6) is 0 Å². The number of piperazine rings is 1. The van der Waals surface area contributed by atoms with Gasteiger partial charge in [0.05, 0.1) is 6.10 Å². The number of fused-ring (bicyclic) bond motifs is 1. The molecule has 16 heavy (non-hydrogen) atoms. The van der Waals surface area contributed by atoms with Gasteiger partial charge in [0.15, 0.2) is 0 Å². The summed E-state index contributed by atoms with van der Waals surface area (Å²) >= 11 is 0. The Morgan fingerprint density at radius 3 is 2.50 bits per heavy atom. The summed E-state index contributed by atoms with van der Waals surface area (Å²) in [5.41, 5.74) is 0. The highest BCUT2D eigenvalue weighted by Gasteiger charge is 2.36. The van der Waals surface area contributed by atoms with Gasteiger partial charge in [0.2, 0.25) is 0 Å². The van der Waals surface area contributed by atoms with Gasteiger partial charge in [0.25, 0.3) is 0 Å². The summed E-state index contributed by atoms with van der Waals surface area (Å²) in [5.74, 6) is 0. The maximum atomic E-state index is 10.1. The third-order valence-corrected chi connectivity index (χ3v) is 4.78. The molecule has 0 aromatic carbocycles. The SMILES string of the molecule is OC1CCCCC1N1CCN2CCCC2C1. The summed E-state index contributed by atoms with van der Waals surface area (Å²) in [6, 6.07) is 1.26. The summed E-state index contributed by atoms with van der Waals surface area (Å²) in [4.78, 5) is 5.22. The first kappa shape index (κ1) is 11.0. The van der Waals surface area contributed by atoms with Crippen molar-refractivity contribution in [3.63, 3.8) is 0 Å². The Balaban J connectivity index is 1.62. The van der Waals surface area contributed by atoms with E-state index in [4.69, 9.17) is 0 Å². The van der Waals surface area contributed by atoms with Crippen LogP contribution in [0, 0.1) is 0 Å². The maximum Gasteiger partial charge on any atom is 0.0695 e. The van der Waals surface area contributed by atoms with Crippen LogP contribution < -0.4 is 0 Å². The third-order valence-electron chi connectivity index (χ3n) is 4.78. The van der Waals surface area contributed by atoms with Crippen LogP contribution in [0.15, 0.2) is 0 Å². The van der Waals surface area contributed by atoms with Crippen molar-refractivity contribution >= 4 is 0 Å². The molecule has 0 aromatic rings. The van der Waals surface area contributed by atoms with Crippen molar-refractivity contribution in [2.45, 2.75) is 56.7 Å².